The van der Waals surface area contributed by atoms with Gasteiger partial charge in [-0.1, -0.05) is 18.2 Å². The quantitative estimate of drug-likeness (QED) is 0.514. The lowest BCUT2D eigenvalue weighted by atomic mass is 9.94. The molecule has 1 atom stereocenters. The van der Waals surface area contributed by atoms with E-state index < -0.39 is 17.9 Å². The van der Waals surface area contributed by atoms with Crippen molar-refractivity contribution in [3.8, 4) is 6.07 Å². The fraction of sp³-hybridized carbons (Fsp3) is 0.214. The molecule has 192 valence electrons. The summed E-state index contributed by atoms with van der Waals surface area (Å²) in [6.07, 6.45) is 7.00. The first-order chi connectivity index (χ1) is 19.0. The molecule has 4 aliphatic rings. The van der Waals surface area contributed by atoms with Crippen molar-refractivity contribution in [1.29, 1.82) is 5.26 Å². The van der Waals surface area contributed by atoms with E-state index >= 15 is 0 Å². The van der Waals surface area contributed by atoms with Gasteiger partial charge in [-0.05, 0) is 17.7 Å². The highest BCUT2D eigenvalue weighted by Gasteiger charge is 2.42. The molecule has 39 heavy (non-hydrogen) atoms. The molecule has 1 fully saturated rings. The number of aromatic nitrogens is 2. The summed E-state index contributed by atoms with van der Waals surface area (Å²) in [4.78, 5) is 52.6. The van der Waals surface area contributed by atoms with Crippen molar-refractivity contribution >= 4 is 40.3 Å². The van der Waals surface area contributed by atoms with Crippen LogP contribution in [0.4, 0.5) is 5.69 Å². The van der Waals surface area contributed by atoms with Crippen molar-refractivity contribution in [2.24, 2.45) is 4.99 Å². The number of nitriles is 1. The predicted molar refractivity (Wildman–Crippen MR) is 139 cm³/mol. The van der Waals surface area contributed by atoms with E-state index in [1.54, 1.807) is 35.1 Å². The monoisotopic (exact) mass is 519 g/mol. The average Bonchev–Trinajstić information content (AvgIpc) is 3.58. The number of benzene rings is 1. The summed E-state index contributed by atoms with van der Waals surface area (Å²) < 4.78 is 7.08. The molecular formula is C28H21N7O4. The Bertz CT molecular complexity index is 1740. The van der Waals surface area contributed by atoms with Gasteiger partial charge in [0, 0.05) is 43.7 Å². The van der Waals surface area contributed by atoms with E-state index in [0.717, 1.165) is 11.3 Å². The lowest BCUT2D eigenvalue weighted by Gasteiger charge is -2.32. The Hall–Kier alpha value is -5.08. The van der Waals surface area contributed by atoms with E-state index in [4.69, 9.17) is 4.74 Å². The molecule has 11 nitrogen and oxygen atoms in total. The summed E-state index contributed by atoms with van der Waals surface area (Å²) in [5.74, 6) is -1.10. The fourth-order valence-electron chi connectivity index (χ4n) is 5.70. The first-order valence-electron chi connectivity index (χ1n) is 12.5. The van der Waals surface area contributed by atoms with Crippen LogP contribution in [0.25, 0.3) is 11.2 Å². The van der Waals surface area contributed by atoms with Gasteiger partial charge in [0.25, 0.3) is 11.8 Å². The molecule has 0 saturated carbocycles. The van der Waals surface area contributed by atoms with Gasteiger partial charge in [0.15, 0.2) is 0 Å². The fourth-order valence-corrected chi connectivity index (χ4v) is 5.70. The van der Waals surface area contributed by atoms with Crippen molar-refractivity contribution in [3.05, 3.63) is 83.1 Å². The third kappa shape index (κ3) is 3.49. The first kappa shape index (κ1) is 23.1. The van der Waals surface area contributed by atoms with Gasteiger partial charge in [-0.2, -0.15) is 5.26 Å². The Morgan fingerprint density at radius 3 is 2.77 bits per heavy atom. The van der Waals surface area contributed by atoms with Crippen molar-refractivity contribution in [2.45, 2.75) is 12.5 Å². The van der Waals surface area contributed by atoms with Gasteiger partial charge in [0.1, 0.15) is 11.7 Å². The van der Waals surface area contributed by atoms with Crippen LogP contribution < -0.4 is 10.2 Å². The van der Waals surface area contributed by atoms with Gasteiger partial charge in [-0.25, -0.2) is 4.98 Å². The molecule has 7 rings (SSSR count). The molecular weight excluding hydrogens is 498 g/mol. The largest absolute Gasteiger partial charge is 0.378 e. The van der Waals surface area contributed by atoms with Crippen molar-refractivity contribution in [1.82, 2.24) is 19.6 Å². The highest BCUT2D eigenvalue weighted by Crippen LogP contribution is 2.40. The number of para-hydroxylation sites is 1. The van der Waals surface area contributed by atoms with Crippen LogP contribution in [0.2, 0.25) is 0 Å². The molecule has 3 amide bonds. The number of hydrogen-bond donors (Lipinski definition) is 1. The molecule has 2 aromatic heterocycles. The Morgan fingerprint density at radius 1 is 1.13 bits per heavy atom. The molecule has 1 aromatic carbocycles. The minimum atomic E-state index is -0.560. The summed E-state index contributed by atoms with van der Waals surface area (Å²) in [5.41, 5.74) is 4.36. The van der Waals surface area contributed by atoms with E-state index in [1.807, 2.05) is 28.0 Å². The van der Waals surface area contributed by atoms with Gasteiger partial charge in [-0.15, -0.1) is 0 Å². The van der Waals surface area contributed by atoms with Crippen LogP contribution in [0.5, 0.6) is 0 Å². The van der Waals surface area contributed by atoms with E-state index in [2.05, 4.69) is 21.4 Å². The summed E-state index contributed by atoms with van der Waals surface area (Å²) >= 11 is 0. The topological polar surface area (TPSA) is 132 Å². The maximum Gasteiger partial charge on any atom is 0.261 e. The van der Waals surface area contributed by atoms with Gasteiger partial charge in [0.05, 0.1) is 59.3 Å². The summed E-state index contributed by atoms with van der Waals surface area (Å²) in [5, 5.41) is 11.7. The number of imidazole rings is 1. The molecule has 11 heteroatoms. The number of nitrogens with one attached hydrogen (secondary N) is 1. The zero-order chi connectivity index (χ0) is 26.7. The molecule has 0 spiro atoms. The van der Waals surface area contributed by atoms with E-state index in [1.165, 1.54) is 6.20 Å². The number of rotatable bonds is 3. The molecule has 4 aliphatic heterocycles. The number of morpholine rings is 1. The number of amides is 3. The van der Waals surface area contributed by atoms with Crippen LogP contribution in [-0.4, -0.2) is 70.1 Å². The van der Waals surface area contributed by atoms with Crippen LogP contribution in [0.15, 0.2) is 65.7 Å². The van der Waals surface area contributed by atoms with E-state index in [9.17, 15) is 19.6 Å². The first-order valence-corrected chi connectivity index (χ1v) is 12.5. The molecule has 0 bridgehead atoms. The maximum atomic E-state index is 13.5. The zero-order valence-corrected chi connectivity index (χ0v) is 20.6. The van der Waals surface area contributed by atoms with Gasteiger partial charge in [0.2, 0.25) is 5.91 Å². The average molecular weight is 520 g/mol. The summed E-state index contributed by atoms with van der Waals surface area (Å²) in [6.45, 7) is 2.12. The number of fused-ring (bicyclic) bond motifs is 1. The molecule has 0 radical (unpaired) electrons. The van der Waals surface area contributed by atoms with Crippen molar-refractivity contribution < 1.29 is 19.1 Å². The molecule has 1 N–H and O–H groups in total. The number of carbonyl (C=O) groups is 3. The highest BCUT2D eigenvalue weighted by molar-refractivity contribution is 6.47. The SMILES string of the molecule is N#Cc1ccn2c(C3=C(C4=NC=CN5c6c(cccc64)CC5C(=O)N4CCOCC4)C(=O)NC3=O)cnc2c1. The third-order valence-corrected chi connectivity index (χ3v) is 7.49. The van der Waals surface area contributed by atoms with Crippen LogP contribution in [0, 0.1) is 11.3 Å². The van der Waals surface area contributed by atoms with Gasteiger partial charge in [-0.3, -0.25) is 29.1 Å². The molecule has 1 unspecified atom stereocenters. The summed E-state index contributed by atoms with van der Waals surface area (Å²) in [7, 11) is 0. The number of ether oxygens (including phenoxy) is 1. The van der Waals surface area contributed by atoms with Crippen LogP contribution in [0.1, 0.15) is 22.4 Å². The van der Waals surface area contributed by atoms with E-state index in [0.29, 0.717) is 60.9 Å². The number of aliphatic imine (C=N–C) groups is 1. The molecule has 0 aliphatic carbocycles. The lowest BCUT2D eigenvalue weighted by Crippen LogP contribution is -2.49. The number of nitrogens with zero attached hydrogens (tertiary/aromatic N) is 6. The lowest BCUT2D eigenvalue weighted by molar-refractivity contribution is -0.136. The minimum Gasteiger partial charge on any atom is -0.378 e. The molecule has 3 aromatic rings. The summed E-state index contributed by atoms with van der Waals surface area (Å²) in [6, 6.07) is 10.6. The number of hydrogen-bond acceptors (Lipinski definition) is 8. The predicted octanol–water partition coefficient (Wildman–Crippen LogP) is 1.18. The van der Waals surface area contributed by atoms with Crippen LogP contribution >= 0.6 is 0 Å². The van der Waals surface area contributed by atoms with Crippen LogP contribution in [0.3, 0.4) is 0 Å². The standard InChI is InChI=1S/C28H21N7O4/c29-14-16-4-6-34-20(15-31-21(34)12-16)22-23(27(37)32-26(22)36)24-18-3-1-2-17-13-19(35(25(17)18)7-5-30-24)28(38)33-8-10-39-11-9-33/h1-7,12,15,19H,8-11,13H2,(H,32,36,37). The second-order valence-corrected chi connectivity index (χ2v) is 9.59. The Balaban J connectivity index is 1.35. The zero-order valence-electron chi connectivity index (χ0n) is 20.6. The van der Waals surface area contributed by atoms with Crippen molar-refractivity contribution in [2.75, 3.05) is 31.2 Å². The number of pyridine rings is 1. The second kappa shape index (κ2) is 8.75. The van der Waals surface area contributed by atoms with Crippen LogP contribution in [-0.2, 0) is 25.5 Å². The van der Waals surface area contributed by atoms with Gasteiger partial charge < -0.3 is 14.5 Å². The number of imide groups is 1. The van der Waals surface area contributed by atoms with Crippen molar-refractivity contribution in [3.63, 3.8) is 0 Å². The molecule has 6 heterocycles. The Labute approximate surface area is 222 Å². The Morgan fingerprint density at radius 2 is 1.95 bits per heavy atom. The van der Waals surface area contributed by atoms with Gasteiger partial charge >= 0.3 is 0 Å². The number of anilines is 1. The second-order valence-electron chi connectivity index (χ2n) is 9.59. The van der Waals surface area contributed by atoms with E-state index in [-0.39, 0.29) is 17.1 Å². The minimum absolute atomic E-state index is 0.0182. The third-order valence-electron chi connectivity index (χ3n) is 7.49. The molecule has 1 saturated heterocycles. The normalized spacial score (nSPS) is 20.2. The number of carbonyl (C=O) groups excluding carboxylic acids is 3. The Kier molecular flexibility index (Phi) is 5.17. The smallest absolute Gasteiger partial charge is 0.261 e. The highest BCUT2D eigenvalue weighted by atomic mass is 16.5. The maximum absolute atomic E-state index is 13.5.